The lowest BCUT2D eigenvalue weighted by Gasteiger charge is -2.16. The van der Waals surface area contributed by atoms with Gasteiger partial charge in [0, 0.05) is 33.2 Å². The van der Waals surface area contributed by atoms with Crippen LogP contribution in [0.5, 0.6) is 0 Å². The Morgan fingerprint density at radius 3 is 3.00 bits per heavy atom. The molecule has 2 atom stereocenters. The molecule has 1 saturated heterocycles. The summed E-state index contributed by atoms with van der Waals surface area (Å²) in [4.78, 5) is 25.1. The number of methoxy groups -OCH3 is 1. The fourth-order valence-electron chi connectivity index (χ4n) is 1.87. The van der Waals surface area contributed by atoms with Crippen molar-refractivity contribution in [2.45, 2.75) is 25.9 Å². The number of aliphatic hydroxyl groups is 1. The quantitative estimate of drug-likeness (QED) is 0.637. The molecule has 104 valence electrons. The predicted octanol–water partition coefficient (Wildman–Crippen LogP) is -0.632. The molecule has 2 amide bonds. The van der Waals surface area contributed by atoms with Crippen LogP contribution in [0.1, 0.15) is 19.8 Å². The van der Waals surface area contributed by atoms with Crippen molar-refractivity contribution in [3.8, 4) is 0 Å². The van der Waals surface area contributed by atoms with Crippen molar-refractivity contribution in [2.75, 3.05) is 33.4 Å². The number of aliphatic hydroxyl groups excluding tert-OH is 1. The van der Waals surface area contributed by atoms with Gasteiger partial charge in [0.15, 0.2) is 0 Å². The molecule has 1 aliphatic heterocycles. The average Bonchev–Trinajstić information content (AvgIpc) is 2.74. The Kier molecular flexibility index (Phi) is 6.07. The van der Waals surface area contributed by atoms with Crippen LogP contribution in [0.25, 0.3) is 0 Å². The van der Waals surface area contributed by atoms with Gasteiger partial charge < -0.3 is 20.1 Å². The Bertz CT molecular complexity index is 296. The van der Waals surface area contributed by atoms with Crippen LogP contribution in [-0.2, 0) is 14.3 Å². The Labute approximate surface area is 107 Å². The Morgan fingerprint density at radius 1 is 1.67 bits per heavy atom. The number of hydrogen-bond donors (Lipinski definition) is 2. The van der Waals surface area contributed by atoms with E-state index in [0.717, 1.165) is 0 Å². The van der Waals surface area contributed by atoms with Gasteiger partial charge in [0.2, 0.25) is 11.8 Å². The maximum Gasteiger partial charge on any atom is 0.225 e. The van der Waals surface area contributed by atoms with Crippen LogP contribution >= 0.6 is 0 Å². The summed E-state index contributed by atoms with van der Waals surface area (Å²) in [6.07, 6.45) is 0.331. The van der Waals surface area contributed by atoms with Crippen molar-refractivity contribution in [2.24, 2.45) is 5.92 Å². The number of hydrogen-bond acceptors (Lipinski definition) is 4. The van der Waals surface area contributed by atoms with E-state index in [1.165, 1.54) is 0 Å². The molecular weight excluding hydrogens is 236 g/mol. The number of carbonyl (C=O) groups is 2. The zero-order valence-corrected chi connectivity index (χ0v) is 11.0. The lowest BCUT2D eigenvalue weighted by molar-refractivity contribution is -0.129. The van der Waals surface area contributed by atoms with E-state index in [1.54, 1.807) is 12.0 Å². The summed E-state index contributed by atoms with van der Waals surface area (Å²) in [6, 6.07) is 0. The minimum atomic E-state index is -0.518. The average molecular weight is 258 g/mol. The van der Waals surface area contributed by atoms with Crippen LogP contribution in [0.4, 0.5) is 0 Å². The zero-order valence-electron chi connectivity index (χ0n) is 11.0. The van der Waals surface area contributed by atoms with E-state index in [1.807, 2.05) is 6.92 Å². The third-order valence-electron chi connectivity index (χ3n) is 3.13. The van der Waals surface area contributed by atoms with Gasteiger partial charge in [0.1, 0.15) is 0 Å². The zero-order chi connectivity index (χ0) is 13.5. The molecule has 0 aromatic rings. The summed E-state index contributed by atoms with van der Waals surface area (Å²) in [6.45, 7) is 3.54. The highest BCUT2D eigenvalue weighted by atomic mass is 16.5. The molecular formula is C12H22N2O4. The summed E-state index contributed by atoms with van der Waals surface area (Å²) in [7, 11) is 1.58. The smallest absolute Gasteiger partial charge is 0.225 e. The summed E-state index contributed by atoms with van der Waals surface area (Å²) < 4.78 is 4.91. The molecule has 0 radical (unpaired) electrons. The molecule has 18 heavy (non-hydrogen) atoms. The second-order valence-corrected chi connectivity index (χ2v) is 4.54. The first-order valence-corrected chi connectivity index (χ1v) is 6.31. The second kappa shape index (κ2) is 7.33. The van der Waals surface area contributed by atoms with E-state index in [9.17, 15) is 14.7 Å². The third kappa shape index (κ3) is 4.27. The van der Waals surface area contributed by atoms with Crippen LogP contribution in [-0.4, -0.2) is 61.3 Å². The largest absolute Gasteiger partial charge is 0.391 e. The minimum Gasteiger partial charge on any atom is -0.391 e. The van der Waals surface area contributed by atoms with E-state index in [4.69, 9.17) is 4.74 Å². The maximum atomic E-state index is 11.8. The van der Waals surface area contributed by atoms with Crippen LogP contribution < -0.4 is 5.32 Å². The van der Waals surface area contributed by atoms with Crippen molar-refractivity contribution in [1.82, 2.24) is 10.2 Å². The summed E-state index contributed by atoms with van der Waals surface area (Å²) >= 11 is 0. The normalized spacial score (nSPS) is 21.2. The molecule has 0 spiro atoms. The van der Waals surface area contributed by atoms with Crippen LogP contribution in [0.15, 0.2) is 0 Å². The SMILES string of the molecule is CCC(O)CNC(=O)C1CC(=O)N(CCOC)C1. The van der Waals surface area contributed by atoms with Crippen molar-refractivity contribution < 1.29 is 19.4 Å². The highest BCUT2D eigenvalue weighted by molar-refractivity contribution is 5.89. The molecule has 2 unspecified atom stereocenters. The molecule has 0 aromatic heterocycles. The minimum absolute atomic E-state index is 0.0109. The van der Waals surface area contributed by atoms with E-state index in [2.05, 4.69) is 5.32 Å². The lowest BCUT2D eigenvalue weighted by atomic mass is 10.1. The van der Waals surface area contributed by atoms with Gasteiger partial charge in [0.25, 0.3) is 0 Å². The lowest BCUT2D eigenvalue weighted by Crippen LogP contribution is -2.37. The Hall–Kier alpha value is -1.14. The van der Waals surface area contributed by atoms with E-state index >= 15 is 0 Å². The summed E-state index contributed by atoms with van der Waals surface area (Å²) in [5.41, 5.74) is 0. The number of nitrogens with one attached hydrogen (secondary N) is 1. The van der Waals surface area contributed by atoms with Crippen molar-refractivity contribution in [3.63, 3.8) is 0 Å². The van der Waals surface area contributed by atoms with E-state index < -0.39 is 6.10 Å². The second-order valence-electron chi connectivity index (χ2n) is 4.54. The van der Waals surface area contributed by atoms with Crippen molar-refractivity contribution in [3.05, 3.63) is 0 Å². The standard InChI is InChI=1S/C12H22N2O4/c1-3-10(15)7-13-12(17)9-6-11(16)14(8-9)4-5-18-2/h9-10,15H,3-8H2,1-2H3,(H,13,17). The Morgan fingerprint density at radius 2 is 2.39 bits per heavy atom. The summed E-state index contributed by atoms with van der Waals surface area (Å²) in [5.74, 6) is -0.475. The highest BCUT2D eigenvalue weighted by Gasteiger charge is 2.33. The van der Waals surface area contributed by atoms with Gasteiger partial charge >= 0.3 is 0 Å². The van der Waals surface area contributed by atoms with Gasteiger partial charge in [-0.25, -0.2) is 0 Å². The van der Waals surface area contributed by atoms with Crippen LogP contribution in [0.3, 0.4) is 0 Å². The van der Waals surface area contributed by atoms with Gasteiger partial charge in [-0.15, -0.1) is 0 Å². The van der Waals surface area contributed by atoms with Crippen LogP contribution in [0, 0.1) is 5.92 Å². The molecule has 6 nitrogen and oxygen atoms in total. The molecule has 6 heteroatoms. The number of rotatable bonds is 7. The molecule has 0 aromatic carbocycles. The molecule has 1 fully saturated rings. The van der Waals surface area contributed by atoms with Crippen molar-refractivity contribution in [1.29, 1.82) is 0 Å². The molecule has 0 aliphatic carbocycles. The molecule has 1 rings (SSSR count). The molecule has 2 N–H and O–H groups in total. The van der Waals surface area contributed by atoms with E-state index in [-0.39, 0.29) is 30.7 Å². The van der Waals surface area contributed by atoms with Crippen LogP contribution in [0.2, 0.25) is 0 Å². The third-order valence-corrected chi connectivity index (χ3v) is 3.13. The monoisotopic (exact) mass is 258 g/mol. The number of nitrogens with zero attached hydrogens (tertiary/aromatic N) is 1. The van der Waals surface area contributed by atoms with Gasteiger partial charge in [0.05, 0.1) is 18.6 Å². The fourth-order valence-corrected chi connectivity index (χ4v) is 1.87. The highest BCUT2D eigenvalue weighted by Crippen LogP contribution is 2.17. The van der Waals surface area contributed by atoms with E-state index in [0.29, 0.717) is 26.1 Å². The first kappa shape index (κ1) is 14.9. The molecule has 0 saturated carbocycles. The summed E-state index contributed by atoms with van der Waals surface area (Å²) in [5, 5.41) is 12.0. The maximum absolute atomic E-state index is 11.8. The number of ether oxygens (including phenoxy) is 1. The molecule has 1 aliphatic rings. The van der Waals surface area contributed by atoms with Gasteiger partial charge in [-0.2, -0.15) is 0 Å². The van der Waals surface area contributed by atoms with Gasteiger partial charge in [-0.3, -0.25) is 9.59 Å². The van der Waals surface area contributed by atoms with Gasteiger partial charge in [-0.1, -0.05) is 6.92 Å². The fraction of sp³-hybridized carbons (Fsp3) is 0.833. The molecule has 1 heterocycles. The first-order chi connectivity index (χ1) is 8.58. The van der Waals surface area contributed by atoms with Gasteiger partial charge in [-0.05, 0) is 6.42 Å². The predicted molar refractivity (Wildman–Crippen MR) is 65.9 cm³/mol. The molecule has 0 bridgehead atoms. The van der Waals surface area contributed by atoms with Crippen molar-refractivity contribution >= 4 is 11.8 Å². The number of likely N-dealkylation sites (tertiary alicyclic amines) is 1. The number of carbonyl (C=O) groups excluding carboxylic acids is 2. The topological polar surface area (TPSA) is 78.9 Å². The number of amides is 2. The Balaban J connectivity index is 2.35. The first-order valence-electron chi connectivity index (χ1n) is 6.31.